The third-order valence-corrected chi connectivity index (χ3v) is 4.21. The largest absolute Gasteiger partial charge is 0.483 e. The van der Waals surface area contributed by atoms with Crippen molar-refractivity contribution in [2.45, 2.75) is 18.2 Å². The van der Waals surface area contributed by atoms with Gasteiger partial charge in [-0.25, -0.2) is 0 Å². The van der Waals surface area contributed by atoms with Crippen LogP contribution in [0.25, 0.3) is 0 Å². The predicted molar refractivity (Wildman–Crippen MR) is 91.6 cm³/mol. The number of rotatable bonds is 5. The molecule has 23 heavy (non-hydrogen) atoms. The second-order valence-electron chi connectivity index (χ2n) is 6.21. The maximum Gasteiger partial charge on any atom is 0.151 e. The SMILES string of the molecule is CN(C)CCN[C@H]1c2ccccc2O[C@@H](c2ccccc2)[C@@H]1O. The number of nitrogens with one attached hydrogen (secondary N) is 1. The zero-order valence-corrected chi connectivity index (χ0v) is 13.6. The summed E-state index contributed by atoms with van der Waals surface area (Å²) in [6.45, 7) is 1.73. The molecule has 3 atom stereocenters. The lowest BCUT2D eigenvalue weighted by Crippen LogP contribution is -2.43. The van der Waals surface area contributed by atoms with Crippen LogP contribution in [0.15, 0.2) is 54.6 Å². The average molecular weight is 312 g/mol. The van der Waals surface area contributed by atoms with Gasteiger partial charge >= 0.3 is 0 Å². The number of aliphatic hydroxyl groups excluding tert-OH is 1. The van der Waals surface area contributed by atoms with E-state index in [1.54, 1.807) is 0 Å². The van der Waals surface area contributed by atoms with Crippen molar-refractivity contribution in [3.63, 3.8) is 0 Å². The van der Waals surface area contributed by atoms with Gasteiger partial charge in [-0.05, 0) is 25.7 Å². The molecule has 122 valence electrons. The maximum absolute atomic E-state index is 10.9. The maximum atomic E-state index is 10.9. The van der Waals surface area contributed by atoms with Crippen LogP contribution in [0, 0.1) is 0 Å². The molecule has 0 aromatic heterocycles. The Morgan fingerprint density at radius 2 is 1.74 bits per heavy atom. The van der Waals surface area contributed by atoms with Crippen LogP contribution in [0.2, 0.25) is 0 Å². The molecule has 1 heterocycles. The van der Waals surface area contributed by atoms with Crippen molar-refractivity contribution in [3.05, 3.63) is 65.7 Å². The molecule has 0 radical (unpaired) electrons. The quantitative estimate of drug-likeness (QED) is 0.890. The highest BCUT2D eigenvalue weighted by Gasteiger charge is 2.37. The molecule has 2 aromatic rings. The van der Waals surface area contributed by atoms with Crippen LogP contribution in [0.4, 0.5) is 0 Å². The summed E-state index contributed by atoms with van der Waals surface area (Å²) in [7, 11) is 4.09. The minimum Gasteiger partial charge on any atom is -0.483 e. The highest BCUT2D eigenvalue weighted by atomic mass is 16.5. The fourth-order valence-electron chi connectivity index (χ4n) is 2.99. The van der Waals surface area contributed by atoms with Crippen LogP contribution in [0.1, 0.15) is 23.3 Å². The molecule has 0 spiro atoms. The molecule has 3 rings (SSSR count). The predicted octanol–water partition coefficient (Wildman–Crippen LogP) is 2.37. The second kappa shape index (κ2) is 7.13. The number of fused-ring (bicyclic) bond motifs is 1. The van der Waals surface area contributed by atoms with Gasteiger partial charge in [-0.2, -0.15) is 0 Å². The van der Waals surface area contributed by atoms with Gasteiger partial charge in [0.1, 0.15) is 11.9 Å². The van der Waals surface area contributed by atoms with Gasteiger partial charge in [-0.1, -0.05) is 48.5 Å². The van der Waals surface area contributed by atoms with E-state index in [2.05, 4.69) is 10.2 Å². The summed E-state index contributed by atoms with van der Waals surface area (Å²) in [6, 6.07) is 17.7. The van der Waals surface area contributed by atoms with Crippen LogP contribution in [0.3, 0.4) is 0 Å². The summed E-state index contributed by atoms with van der Waals surface area (Å²) in [4.78, 5) is 2.12. The van der Waals surface area contributed by atoms with E-state index in [-0.39, 0.29) is 12.1 Å². The van der Waals surface area contributed by atoms with Crippen molar-refractivity contribution in [1.29, 1.82) is 0 Å². The third-order valence-electron chi connectivity index (χ3n) is 4.21. The number of hydrogen-bond donors (Lipinski definition) is 2. The molecule has 0 saturated carbocycles. The summed E-state index contributed by atoms with van der Waals surface area (Å²) in [5, 5.41) is 14.4. The molecule has 2 N–H and O–H groups in total. The average Bonchev–Trinajstić information content (AvgIpc) is 2.57. The topological polar surface area (TPSA) is 44.7 Å². The third kappa shape index (κ3) is 3.55. The molecule has 1 aliphatic heterocycles. The van der Waals surface area contributed by atoms with Gasteiger partial charge < -0.3 is 20.1 Å². The molecule has 0 fully saturated rings. The standard InChI is InChI=1S/C19H24N2O2/c1-21(2)13-12-20-17-15-10-6-7-11-16(15)23-19(18(17)22)14-8-4-3-5-9-14/h3-11,17-20,22H,12-13H2,1-2H3/t17-,18+,19-/m0/s1. The fraction of sp³-hybridized carbons (Fsp3) is 0.368. The summed E-state index contributed by atoms with van der Waals surface area (Å²) < 4.78 is 6.09. The van der Waals surface area contributed by atoms with E-state index in [1.807, 2.05) is 68.7 Å². The zero-order valence-electron chi connectivity index (χ0n) is 13.6. The lowest BCUT2D eigenvalue weighted by Gasteiger charge is -2.37. The van der Waals surface area contributed by atoms with Gasteiger partial charge in [-0.3, -0.25) is 0 Å². The molecule has 2 aromatic carbocycles. The van der Waals surface area contributed by atoms with Crippen molar-refractivity contribution < 1.29 is 9.84 Å². The van der Waals surface area contributed by atoms with Crippen molar-refractivity contribution in [2.75, 3.05) is 27.2 Å². The molecule has 4 nitrogen and oxygen atoms in total. The smallest absolute Gasteiger partial charge is 0.151 e. The van der Waals surface area contributed by atoms with Crippen molar-refractivity contribution in [3.8, 4) is 5.75 Å². The monoisotopic (exact) mass is 312 g/mol. The van der Waals surface area contributed by atoms with Crippen LogP contribution in [0.5, 0.6) is 5.75 Å². The second-order valence-corrected chi connectivity index (χ2v) is 6.21. The Morgan fingerprint density at radius 3 is 2.48 bits per heavy atom. The highest BCUT2D eigenvalue weighted by molar-refractivity contribution is 5.40. The number of likely N-dealkylation sites (N-methyl/N-ethyl adjacent to an activating group) is 1. The Labute approximate surface area is 137 Å². The molecule has 0 aliphatic carbocycles. The first-order valence-corrected chi connectivity index (χ1v) is 8.03. The van der Waals surface area contributed by atoms with E-state index in [4.69, 9.17) is 4.74 Å². The molecule has 0 unspecified atom stereocenters. The first-order valence-electron chi connectivity index (χ1n) is 8.03. The van der Waals surface area contributed by atoms with Gasteiger partial charge in [0.2, 0.25) is 0 Å². The lowest BCUT2D eigenvalue weighted by molar-refractivity contribution is -0.00880. The fourth-order valence-corrected chi connectivity index (χ4v) is 2.99. The van der Waals surface area contributed by atoms with Crippen molar-refractivity contribution in [1.82, 2.24) is 10.2 Å². The molecule has 0 bridgehead atoms. The molecule has 4 heteroatoms. The minimum atomic E-state index is -0.630. The van der Waals surface area contributed by atoms with Crippen LogP contribution >= 0.6 is 0 Å². The number of aliphatic hydroxyl groups is 1. The van der Waals surface area contributed by atoms with E-state index in [0.29, 0.717) is 0 Å². The van der Waals surface area contributed by atoms with E-state index in [1.165, 1.54) is 0 Å². The number of ether oxygens (including phenoxy) is 1. The van der Waals surface area contributed by atoms with Gasteiger partial charge in [0.25, 0.3) is 0 Å². The first-order chi connectivity index (χ1) is 11.2. The number of para-hydroxylation sites is 1. The Kier molecular flexibility index (Phi) is 4.96. The number of nitrogens with zero attached hydrogens (tertiary/aromatic N) is 1. The summed E-state index contributed by atoms with van der Waals surface area (Å²) in [5.74, 6) is 0.842. The summed E-state index contributed by atoms with van der Waals surface area (Å²) in [5.41, 5.74) is 2.01. The molecular formula is C19H24N2O2. The van der Waals surface area contributed by atoms with Crippen LogP contribution in [-0.4, -0.2) is 43.3 Å². The lowest BCUT2D eigenvalue weighted by atomic mass is 9.90. The normalized spacial score (nSPS) is 23.4. The Balaban J connectivity index is 1.87. The van der Waals surface area contributed by atoms with Gasteiger partial charge in [0, 0.05) is 18.7 Å². The van der Waals surface area contributed by atoms with Crippen molar-refractivity contribution in [2.24, 2.45) is 0 Å². The summed E-state index contributed by atoms with van der Waals surface area (Å²) >= 11 is 0. The highest BCUT2D eigenvalue weighted by Crippen LogP contribution is 2.40. The number of hydrogen-bond acceptors (Lipinski definition) is 4. The Morgan fingerprint density at radius 1 is 1.04 bits per heavy atom. The molecule has 0 amide bonds. The van der Waals surface area contributed by atoms with E-state index >= 15 is 0 Å². The minimum absolute atomic E-state index is 0.134. The van der Waals surface area contributed by atoms with Gasteiger partial charge in [0.15, 0.2) is 6.10 Å². The van der Waals surface area contributed by atoms with E-state index in [9.17, 15) is 5.11 Å². The summed E-state index contributed by atoms with van der Waals surface area (Å²) in [6.07, 6.45) is -0.989. The zero-order chi connectivity index (χ0) is 16.2. The molecular weight excluding hydrogens is 288 g/mol. The van der Waals surface area contributed by atoms with Crippen LogP contribution in [-0.2, 0) is 0 Å². The number of benzene rings is 2. The molecule has 1 aliphatic rings. The van der Waals surface area contributed by atoms with Gasteiger partial charge in [0.05, 0.1) is 6.04 Å². The molecule has 0 saturated heterocycles. The first kappa shape index (κ1) is 16.0. The Bertz CT molecular complexity index is 630. The van der Waals surface area contributed by atoms with Gasteiger partial charge in [-0.15, -0.1) is 0 Å². The van der Waals surface area contributed by atoms with E-state index in [0.717, 1.165) is 30.0 Å². The van der Waals surface area contributed by atoms with E-state index < -0.39 is 6.10 Å². The van der Waals surface area contributed by atoms with Crippen LogP contribution < -0.4 is 10.1 Å². The van der Waals surface area contributed by atoms with Crippen molar-refractivity contribution >= 4 is 0 Å². The Hall–Kier alpha value is -1.88.